The van der Waals surface area contributed by atoms with E-state index in [4.69, 9.17) is 0 Å². The van der Waals surface area contributed by atoms with Crippen molar-refractivity contribution in [3.05, 3.63) is 54.6 Å². The molecule has 1 saturated carbocycles. The van der Waals surface area contributed by atoms with Crippen LogP contribution in [0.1, 0.15) is 37.7 Å². The average Bonchev–Trinajstić information content (AvgIpc) is 2.47. The monoisotopic (exact) mass is 272 g/mol. The lowest BCUT2D eigenvalue weighted by Crippen LogP contribution is -2.34. The Morgan fingerprint density at radius 1 is 1.40 bits per heavy atom. The number of rotatable bonds is 4. The van der Waals surface area contributed by atoms with Gasteiger partial charge >= 0.3 is 0 Å². The van der Waals surface area contributed by atoms with Crippen LogP contribution in [0.2, 0.25) is 0 Å². The predicted molar refractivity (Wildman–Crippen MR) is 82.7 cm³/mol. The van der Waals surface area contributed by atoms with E-state index in [2.05, 4.69) is 20.1 Å². The van der Waals surface area contributed by atoms with E-state index in [0.29, 0.717) is 11.8 Å². The number of aliphatic hydroxyl groups is 1. The molecule has 1 aliphatic rings. The summed E-state index contributed by atoms with van der Waals surface area (Å²) in [7, 11) is 0. The highest BCUT2D eigenvalue weighted by Crippen LogP contribution is 2.49. The van der Waals surface area contributed by atoms with Crippen LogP contribution in [0.25, 0.3) is 0 Å². The Labute approximate surface area is 121 Å². The highest BCUT2D eigenvalue weighted by atomic mass is 16.3. The van der Waals surface area contributed by atoms with Gasteiger partial charge in [-0.2, -0.15) is 0 Å². The van der Waals surface area contributed by atoms with Gasteiger partial charge in [-0.15, -0.1) is 6.58 Å². The normalized spacial score (nSPS) is 29.9. The standard InChI is InChI=1S/C18H24O2/c1-4-18(12-19)10-9-16(13(2)3)17(11-18)14-5-7-15(20)8-6-14/h4-8,16-17,19-20H,1-2,9-12H2,3H3/t16-,17-,18-/m0/s1. The molecule has 0 spiro atoms. The number of allylic oxidation sites excluding steroid dienone is 1. The Kier molecular flexibility index (Phi) is 4.34. The summed E-state index contributed by atoms with van der Waals surface area (Å²) in [5.41, 5.74) is 2.21. The van der Waals surface area contributed by atoms with Gasteiger partial charge in [0.25, 0.3) is 0 Å². The number of aromatic hydroxyl groups is 1. The molecule has 0 amide bonds. The van der Waals surface area contributed by atoms with Gasteiger partial charge in [0.15, 0.2) is 0 Å². The topological polar surface area (TPSA) is 40.5 Å². The number of phenols is 1. The zero-order valence-corrected chi connectivity index (χ0v) is 12.2. The molecule has 0 radical (unpaired) electrons. The second-order valence-corrected chi connectivity index (χ2v) is 6.12. The maximum atomic E-state index is 9.74. The van der Waals surface area contributed by atoms with Crippen molar-refractivity contribution in [3.8, 4) is 5.75 Å². The highest BCUT2D eigenvalue weighted by molar-refractivity contribution is 5.31. The fraction of sp³-hybridized carbons (Fsp3) is 0.444. The first-order chi connectivity index (χ1) is 9.51. The first-order valence-electron chi connectivity index (χ1n) is 7.20. The maximum absolute atomic E-state index is 9.74. The van der Waals surface area contributed by atoms with E-state index < -0.39 is 0 Å². The van der Waals surface area contributed by atoms with Crippen LogP contribution >= 0.6 is 0 Å². The minimum Gasteiger partial charge on any atom is -0.508 e. The van der Waals surface area contributed by atoms with E-state index in [-0.39, 0.29) is 17.8 Å². The van der Waals surface area contributed by atoms with Gasteiger partial charge in [-0.3, -0.25) is 0 Å². The molecular formula is C18H24O2. The Morgan fingerprint density at radius 3 is 2.55 bits per heavy atom. The fourth-order valence-corrected chi connectivity index (χ4v) is 3.38. The molecule has 1 aromatic rings. The molecular weight excluding hydrogens is 248 g/mol. The molecule has 1 fully saturated rings. The molecule has 0 unspecified atom stereocenters. The number of phenolic OH excluding ortho intramolecular Hbond substituents is 1. The average molecular weight is 272 g/mol. The van der Waals surface area contributed by atoms with Gasteiger partial charge in [-0.25, -0.2) is 0 Å². The zero-order valence-electron chi connectivity index (χ0n) is 12.2. The molecule has 2 nitrogen and oxygen atoms in total. The first-order valence-corrected chi connectivity index (χ1v) is 7.20. The van der Waals surface area contributed by atoms with Crippen molar-refractivity contribution in [2.24, 2.45) is 11.3 Å². The van der Waals surface area contributed by atoms with E-state index >= 15 is 0 Å². The molecule has 3 atom stereocenters. The van der Waals surface area contributed by atoms with Gasteiger partial charge < -0.3 is 10.2 Å². The third-order valence-electron chi connectivity index (χ3n) is 4.77. The Balaban J connectivity index is 2.34. The van der Waals surface area contributed by atoms with Crippen LogP contribution in [-0.4, -0.2) is 16.8 Å². The second-order valence-electron chi connectivity index (χ2n) is 6.12. The van der Waals surface area contributed by atoms with Crippen molar-refractivity contribution in [1.82, 2.24) is 0 Å². The molecule has 0 aliphatic heterocycles. The molecule has 2 N–H and O–H groups in total. The molecule has 1 aromatic carbocycles. The number of hydrogen-bond donors (Lipinski definition) is 2. The summed E-state index contributed by atoms with van der Waals surface area (Å²) >= 11 is 0. The smallest absolute Gasteiger partial charge is 0.115 e. The summed E-state index contributed by atoms with van der Waals surface area (Å²) in [5.74, 6) is 1.04. The van der Waals surface area contributed by atoms with Gasteiger partial charge in [-0.1, -0.05) is 30.4 Å². The first kappa shape index (κ1) is 14.9. The van der Waals surface area contributed by atoms with Crippen LogP contribution in [0, 0.1) is 11.3 Å². The summed E-state index contributed by atoms with van der Waals surface area (Å²) in [6, 6.07) is 7.42. The van der Waals surface area contributed by atoms with Gasteiger partial charge in [0.2, 0.25) is 0 Å². The van der Waals surface area contributed by atoms with Crippen LogP contribution in [0.3, 0.4) is 0 Å². The number of aliphatic hydroxyl groups excluding tert-OH is 1. The SMILES string of the molecule is C=C[C@]1(CO)CC[C@@H](C(=C)C)[C@H](c2ccc(O)cc2)C1. The largest absolute Gasteiger partial charge is 0.508 e. The zero-order chi connectivity index (χ0) is 14.8. The Hall–Kier alpha value is -1.54. The highest BCUT2D eigenvalue weighted by Gasteiger charge is 2.39. The molecule has 0 saturated heterocycles. The van der Waals surface area contributed by atoms with Crippen molar-refractivity contribution < 1.29 is 10.2 Å². The number of benzene rings is 1. The number of hydrogen-bond acceptors (Lipinski definition) is 2. The van der Waals surface area contributed by atoms with Crippen molar-refractivity contribution in [1.29, 1.82) is 0 Å². The molecule has 0 heterocycles. The van der Waals surface area contributed by atoms with Crippen LogP contribution < -0.4 is 0 Å². The van der Waals surface area contributed by atoms with E-state index in [9.17, 15) is 10.2 Å². The van der Waals surface area contributed by atoms with Crippen LogP contribution in [0.4, 0.5) is 0 Å². The lowest BCUT2D eigenvalue weighted by molar-refractivity contribution is 0.100. The minimum atomic E-state index is -0.186. The fourth-order valence-electron chi connectivity index (χ4n) is 3.38. The molecule has 2 rings (SSSR count). The summed E-state index contributed by atoms with van der Waals surface area (Å²) in [4.78, 5) is 0. The predicted octanol–water partition coefficient (Wildman–Crippen LogP) is 4.02. The quantitative estimate of drug-likeness (QED) is 0.813. The lowest BCUT2D eigenvalue weighted by atomic mass is 9.62. The van der Waals surface area contributed by atoms with Crippen LogP contribution in [0.5, 0.6) is 5.75 Å². The minimum absolute atomic E-state index is 0.147. The van der Waals surface area contributed by atoms with E-state index in [0.717, 1.165) is 19.3 Å². The van der Waals surface area contributed by atoms with Gasteiger partial charge in [0, 0.05) is 5.41 Å². The van der Waals surface area contributed by atoms with Gasteiger partial charge in [0.05, 0.1) is 6.61 Å². The van der Waals surface area contributed by atoms with Crippen molar-refractivity contribution >= 4 is 0 Å². The van der Waals surface area contributed by atoms with Crippen LogP contribution in [0.15, 0.2) is 49.1 Å². The van der Waals surface area contributed by atoms with Crippen molar-refractivity contribution in [3.63, 3.8) is 0 Å². The molecule has 0 aromatic heterocycles. The molecule has 108 valence electrons. The third kappa shape index (κ3) is 2.80. The summed E-state index contributed by atoms with van der Waals surface area (Å²) in [6.07, 6.45) is 4.77. The van der Waals surface area contributed by atoms with E-state index in [1.165, 1.54) is 11.1 Å². The van der Waals surface area contributed by atoms with Gasteiger partial charge in [0.1, 0.15) is 5.75 Å². The van der Waals surface area contributed by atoms with Crippen LogP contribution in [-0.2, 0) is 0 Å². The molecule has 1 aliphatic carbocycles. The third-order valence-corrected chi connectivity index (χ3v) is 4.77. The Bertz CT molecular complexity index is 489. The van der Waals surface area contributed by atoms with E-state index in [1.807, 2.05) is 18.2 Å². The summed E-state index contributed by atoms with van der Waals surface area (Å²) in [5, 5.41) is 19.2. The van der Waals surface area contributed by atoms with Gasteiger partial charge in [-0.05, 0) is 55.7 Å². The molecule has 2 heteroatoms. The maximum Gasteiger partial charge on any atom is 0.115 e. The van der Waals surface area contributed by atoms with Crippen molar-refractivity contribution in [2.45, 2.75) is 32.1 Å². The lowest BCUT2D eigenvalue weighted by Gasteiger charge is -2.43. The molecule has 0 bridgehead atoms. The Morgan fingerprint density at radius 2 is 2.05 bits per heavy atom. The summed E-state index contributed by atoms with van der Waals surface area (Å²) < 4.78 is 0. The molecule has 20 heavy (non-hydrogen) atoms. The second kappa shape index (κ2) is 5.84. The summed E-state index contributed by atoms with van der Waals surface area (Å²) in [6.45, 7) is 10.3. The van der Waals surface area contributed by atoms with E-state index in [1.54, 1.807) is 12.1 Å². The van der Waals surface area contributed by atoms with Crippen molar-refractivity contribution in [2.75, 3.05) is 6.61 Å².